The molecule has 1 aliphatic rings. The van der Waals surface area contributed by atoms with E-state index < -0.39 is 5.60 Å². The molecule has 0 radical (unpaired) electrons. The predicted molar refractivity (Wildman–Crippen MR) is 137 cm³/mol. The number of hydrogen-bond acceptors (Lipinski definition) is 3. The third-order valence-corrected chi connectivity index (χ3v) is 6.29. The fourth-order valence-corrected chi connectivity index (χ4v) is 4.86. The van der Waals surface area contributed by atoms with E-state index in [1.165, 1.54) is 11.1 Å². The maximum Gasteiger partial charge on any atom is 0.410 e. The third-order valence-electron chi connectivity index (χ3n) is 6.29. The lowest BCUT2D eigenvalue weighted by Crippen LogP contribution is -2.52. The van der Waals surface area contributed by atoms with Crippen molar-refractivity contribution >= 4 is 6.09 Å². The Labute approximate surface area is 204 Å². The lowest BCUT2D eigenvalue weighted by molar-refractivity contribution is -0.0145. The van der Waals surface area contributed by atoms with Gasteiger partial charge in [-0.1, -0.05) is 91.0 Å². The molecule has 4 rings (SSSR count). The number of amides is 1. The van der Waals surface area contributed by atoms with Gasteiger partial charge in [-0.05, 0) is 50.3 Å². The highest BCUT2D eigenvalue weighted by atomic mass is 16.6. The Morgan fingerprint density at radius 3 is 1.85 bits per heavy atom. The van der Waals surface area contributed by atoms with E-state index >= 15 is 0 Å². The van der Waals surface area contributed by atoms with Gasteiger partial charge in [-0.2, -0.15) is 0 Å². The number of carbonyl (C=O) groups excluding carboxylic acids is 1. The summed E-state index contributed by atoms with van der Waals surface area (Å²) in [5.41, 5.74) is 3.18. The van der Waals surface area contributed by atoms with E-state index in [-0.39, 0.29) is 18.2 Å². The molecule has 0 aromatic heterocycles. The molecule has 1 fully saturated rings. The van der Waals surface area contributed by atoms with Crippen LogP contribution in [0.4, 0.5) is 4.79 Å². The Balaban J connectivity index is 1.71. The standard InChI is InChI=1S/C30H36N2O2/c1-30(2,3)34-29(33)32-21-13-20-27(28(32)26-18-11-6-12-19-26)31(22-24-14-7-4-8-15-24)23-25-16-9-5-10-17-25/h4-12,14-19,27-28H,13,20-23H2,1-3H3/t27-,28-/m0/s1. The minimum atomic E-state index is -0.529. The number of hydrogen-bond donors (Lipinski definition) is 0. The maximum atomic E-state index is 13.4. The minimum absolute atomic E-state index is 0.0720. The average Bonchev–Trinajstić information content (AvgIpc) is 2.84. The van der Waals surface area contributed by atoms with Crippen LogP contribution in [0.25, 0.3) is 0 Å². The number of likely N-dealkylation sites (tertiary alicyclic amines) is 1. The van der Waals surface area contributed by atoms with Crippen LogP contribution in [0.15, 0.2) is 91.0 Å². The summed E-state index contributed by atoms with van der Waals surface area (Å²) in [5, 5.41) is 0. The van der Waals surface area contributed by atoms with Crippen LogP contribution in [0.2, 0.25) is 0 Å². The SMILES string of the molecule is CC(C)(C)OC(=O)N1CCC[C@H](N(Cc2ccccc2)Cc2ccccc2)[C@@H]1c1ccccc1. The quantitative estimate of drug-likeness (QED) is 0.407. The molecule has 4 heteroatoms. The van der Waals surface area contributed by atoms with Gasteiger partial charge in [0, 0.05) is 25.7 Å². The molecule has 4 nitrogen and oxygen atoms in total. The van der Waals surface area contributed by atoms with Crippen molar-refractivity contribution in [2.75, 3.05) is 6.54 Å². The summed E-state index contributed by atoms with van der Waals surface area (Å²) in [5.74, 6) is 0. The van der Waals surface area contributed by atoms with Crippen LogP contribution < -0.4 is 0 Å². The monoisotopic (exact) mass is 456 g/mol. The first kappa shape index (κ1) is 24.0. The minimum Gasteiger partial charge on any atom is -0.444 e. The summed E-state index contributed by atoms with van der Waals surface area (Å²) in [4.78, 5) is 17.9. The van der Waals surface area contributed by atoms with Gasteiger partial charge in [-0.3, -0.25) is 9.80 Å². The van der Waals surface area contributed by atoms with Gasteiger partial charge in [-0.25, -0.2) is 4.79 Å². The maximum absolute atomic E-state index is 13.4. The van der Waals surface area contributed by atoms with Crippen molar-refractivity contribution < 1.29 is 9.53 Å². The molecule has 0 aliphatic carbocycles. The highest BCUT2D eigenvalue weighted by Crippen LogP contribution is 2.37. The van der Waals surface area contributed by atoms with Crippen molar-refractivity contribution in [2.24, 2.45) is 0 Å². The van der Waals surface area contributed by atoms with E-state index in [2.05, 4.69) is 89.8 Å². The Kier molecular flexibility index (Phi) is 7.69. The normalized spacial score (nSPS) is 18.6. The van der Waals surface area contributed by atoms with Crippen LogP contribution in [0.3, 0.4) is 0 Å². The average molecular weight is 457 g/mol. The lowest BCUT2D eigenvalue weighted by atomic mass is 9.88. The highest BCUT2D eigenvalue weighted by molar-refractivity contribution is 5.69. The van der Waals surface area contributed by atoms with Crippen molar-refractivity contribution in [1.29, 1.82) is 0 Å². The molecule has 3 aromatic carbocycles. The van der Waals surface area contributed by atoms with E-state index in [9.17, 15) is 4.79 Å². The van der Waals surface area contributed by atoms with Gasteiger partial charge < -0.3 is 4.74 Å². The third kappa shape index (κ3) is 6.27. The largest absolute Gasteiger partial charge is 0.444 e. The van der Waals surface area contributed by atoms with Gasteiger partial charge in [0.2, 0.25) is 0 Å². The summed E-state index contributed by atoms with van der Waals surface area (Å²) >= 11 is 0. The van der Waals surface area contributed by atoms with E-state index in [1.54, 1.807) is 0 Å². The molecule has 0 saturated carbocycles. The molecule has 34 heavy (non-hydrogen) atoms. The molecule has 1 saturated heterocycles. The van der Waals surface area contributed by atoms with E-state index in [0.717, 1.165) is 31.5 Å². The van der Waals surface area contributed by atoms with Crippen molar-refractivity contribution in [3.8, 4) is 0 Å². The highest BCUT2D eigenvalue weighted by Gasteiger charge is 2.40. The van der Waals surface area contributed by atoms with Gasteiger partial charge in [0.15, 0.2) is 0 Å². The van der Waals surface area contributed by atoms with Crippen molar-refractivity contribution in [2.45, 2.75) is 64.4 Å². The zero-order valence-corrected chi connectivity index (χ0v) is 20.6. The zero-order chi connectivity index (χ0) is 24.0. The second kappa shape index (κ2) is 10.9. The van der Waals surface area contributed by atoms with Gasteiger partial charge in [0.25, 0.3) is 0 Å². The second-order valence-electron chi connectivity index (χ2n) is 10.1. The van der Waals surface area contributed by atoms with Gasteiger partial charge in [0.05, 0.1) is 6.04 Å². The molecular formula is C30H36N2O2. The Morgan fingerprint density at radius 1 is 0.853 bits per heavy atom. The first-order chi connectivity index (χ1) is 16.4. The fourth-order valence-electron chi connectivity index (χ4n) is 4.86. The van der Waals surface area contributed by atoms with E-state index in [0.29, 0.717) is 6.54 Å². The number of benzene rings is 3. The summed E-state index contributed by atoms with van der Waals surface area (Å²) in [6.45, 7) is 8.15. The van der Waals surface area contributed by atoms with Crippen LogP contribution in [-0.2, 0) is 17.8 Å². The molecule has 178 valence electrons. The van der Waals surface area contributed by atoms with Gasteiger partial charge in [-0.15, -0.1) is 0 Å². The number of nitrogens with zero attached hydrogens (tertiary/aromatic N) is 2. The molecule has 0 N–H and O–H groups in total. The van der Waals surface area contributed by atoms with Crippen LogP contribution in [0.5, 0.6) is 0 Å². The molecular weight excluding hydrogens is 420 g/mol. The van der Waals surface area contributed by atoms with Crippen LogP contribution >= 0.6 is 0 Å². The Hall–Kier alpha value is -3.11. The molecule has 0 bridgehead atoms. The van der Waals surface area contributed by atoms with Crippen LogP contribution in [0.1, 0.15) is 56.3 Å². The van der Waals surface area contributed by atoms with Crippen molar-refractivity contribution in [1.82, 2.24) is 9.80 Å². The topological polar surface area (TPSA) is 32.8 Å². The summed E-state index contributed by atoms with van der Waals surface area (Å²) in [7, 11) is 0. The molecule has 1 amide bonds. The van der Waals surface area contributed by atoms with Gasteiger partial charge in [0.1, 0.15) is 5.60 Å². The summed E-state index contributed by atoms with van der Waals surface area (Å²) in [6, 6.07) is 31.8. The summed E-state index contributed by atoms with van der Waals surface area (Å²) in [6.07, 6.45) is 1.75. The zero-order valence-electron chi connectivity index (χ0n) is 20.6. The lowest BCUT2D eigenvalue weighted by Gasteiger charge is -2.46. The first-order valence-electron chi connectivity index (χ1n) is 12.3. The molecule has 0 unspecified atom stereocenters. The Morgan fingerprint density at radius 2 is 1.35 bits per heavy atom. The second-order valence-corrected chi connectivity index (χ2v) is 10.1. The molecule has 3 aromatic rings. The fraction of sp³-hybridized carbons (Fsp3) is 0.367. The van der Waals surface area contributed by atoms with Crippen LogP contribution in [-0.4, -0.2) is 34.1 Å². The molecule has 1 heterocycles. The smallest absolute Gasteiger partial charge is 0.410 e. The number of piperidine rings is 1. The first-order valence-corrected chi connectivity index (χ1v) is 12.3. The summed E-state index contributed by atoms with van der Waals surface area (Å²) < 4.78 is 5.86. The number of rotatable bonds is 6. The Bertz CT molecular complexity index is 990. The van der Waals surface area contributed by atoms with Crippen LogP contribution in [0, 0.1) is 0 Å². The van der Waals surface area contributed by atoms with Crippen molar-refractivity contribution in [3.05, 3.63) is 108 Å². The molecule has 2 atom stereocenters. The van der Waals surface area contributed by atoms with Crippen molar-refractivity contribution in [3.63, 3.8) is 0 Å². The number of carbonyl (C=O) groups is 1. The van der Waals surface area contributed by atoms with E-state index in [4.69, 9.17) is 4.74 Å². The van der Waals surface area contributed by atoms with Gasteiger partial charge >= 0.3 is 6.09 Å². The molecule has 0 spiro atoms. The predicted octanol–water partition coefficient (Wildman–Crippen LogP) is 6.83. The molecule has 1 aliphatic heterocycles. The van der Waals surface area contributed by atoms with E-state index in [1.807, 2.05) is 31.7 Å². The number of ether oxygens (including phenoxy) is 1.